The number of halogens is 2. The monoisotopic (exact) mass is 213 g/mol. The number of nitrogens with two attached hydrogens (primary N) is 1. The number of hydrogen-bond donors (Lipinski definition) is 1. The molecule has 0 spiro atoms. The molecule has 0 unspecified atom stereocenters. The lowest BCUT2D eigenvalue weighted by molar-refractivity contribution is 1.24. The van der Waals surface area contributed by atoms with E-state index in [4.69, 9.17) is 28.9 Å². The van der Waals surface area contributed by atoms with Crippen molar-refractivity contribution in [3.63, 3.8) is 0 Å². The fourth-order valence-electron chi connectivity index (χ4n) is 1.10. The molecule has 3 nitrogen and oxygen atoms in total. The Morgan fingerprint density at radius 3 is 2.69 bits per heavy atom. The molecule has 0 amide bonds. The SMILES string of the molecule is Nc1nc(Cl)c2cccc(Cl)c2n1. The molecule has 2 N–H and O–H groups in total. The number of para-hydroxylation sites is 1. The van der Waals surface area contributed by atoms with E-state index in [9.17, 15) is 0 Å². The highest BCUT2D eigenvalue weighted by atomic mass is 35.5. The first-order valence-corrected chi connectivity index (χ1v) is 4.31. The molecule has 0 aliphatic carbocycles. The van der Waals surface area contributed by atoms with Crippen LogP contribution in [0.25, 0.3) is 10.9 Å². The van der Waals surface area contributed by atoms with E-state index in [1.807, 2.05) is 0 Å². The minimum atomic E-state index is 0.130. The summed E-state index contributed by atoms with van der Waals surface area (Å²) in [4.78, 5) is 7.80. The minimum Gasteiger partial charge on any atom is -0.368 e. The molecule has 0 bridgehead atoms. The van der Waals surface area contributed by atoms with Gasteiger partial charge in [-0.15, -0.1) is 0 Å². The Morgan fingerprint density at radius 1 is 1.15 bits per heavy atom. The van der Waals surface area contributed by atoms with Gasteiger partial charge in [-0.05, 0) is 12.1 Å². The van der Waals surface area contributed by atoms with Gasteiger partial charge in [0.2, 0.25) is 5.95 Å². The maximum Gasteiger partial charge on any atom is 0.222 e. The van der Waals surface area contributed by atoms with Crippen molar-refractivity contribution in [2.45, 2.75) is 0 Å². The van der Waals surface area contributed by atoms with Crippen LogP contribution in [0, 0.1) is 0 Å². The normalized spacial score (nSPS) is 10.6. The molecule has 0 fully saturated rings. The molecule has 5 heteroatoms. The fraction of sp³-hybridized carbons (Fsp3) is 0. The summed E-state index contributed by atoms with van der Waals surface area (Å²) in [5.41, 5.74) is 6.01. The second kappa shape index (κ2) is 3.01. The molecule has 1 aromatic carbocycles. The average Bonchev–Trinajstić information content (AvgIpc) is 2.07. The Bertz CT molecular complexity index is 470. The van der Waals surface area contributed by atoms with Crippen LogP contribution in [0.2, 0.25) is 10.2 Å². The van der Waals surface area contributed by atoms with Crippen LogP contribution in [0.15, 0.2) is 18.2 Å². The van der Waals surface area contributed by atoms with Crippen molar-refractivity contribution in [1.82, 2.24) is 9.97 Å². The quantitative estimate of drug-likeness (QED) is 0.685. The van der Waals surface area contributed by atoms with E-state index in [2.05, 4.69) is 9.97 Å². The molecule has 0 saturated heterocycles. The van der Waals surface area contributed by atoms with Gasteiger partial charge in [-0.2, -0.15) is 0 Å². The Morgan fingerprint density at radius 2 is 1.92 bits per heavy atom. The van der Waals surface area contributed by atoms with Crippen LogP contribution < -0.4 is 5.73 Å². The predicted octanol–water partition coefficient (Wildman–Crippen LogP) is 2.52. The molecular formula is C8H5Cl2N3. The van der Waals surface area contributed by atoms with Crippen molar-refractivity contribution in [3.05, 3.63) is 28.4 Å². The molecule has 13 heavy (non-hydrogen) atoms. The van der Waals surface area contributed by atoms with Crippen LogP contribution >= 0.6 is 23.2 Å². The highest BCUT2D eigenvalue weighted by molar-refractivity contribution is 6.38. The third-order valence-corrected chi connectivity index (χ3v) is 2.24. The van der Waals surface area contributed by atoms with Gasteiger partial charge in [-0.3, -0.25) is 0 Å². The number of benzene rings is 1. The van der Waals surface area contributed by atoms with Gasteiger partial charge in [0, 0.05) is 5.39 Å². The number of hydrogen-bond acceptors (Lipinski definition) is 3. The number of fused-ring (bicyclic) bond motifs is 1. The Labute approximate surface area is 84.5 Å². The molecule has 1 aromatic heterocycles. The molecule has 0 aliphatic heterocycles. The largest absolute Gasteiger partial charge is 0.368 e. The van der Waals surface area contributed by atoms with E-state index in [-0.39, 0.29) is 5.95 Å². The summed E-state index contributed by atoms with van der Waals surface area (Å²) in [6.45, 7) is 0. The predicted molar refractivity (Wildman–Crippen MR) is 54.0 cm³/mol. The van der Waals surface area contributed by atoms with E-state index >= 15 is 0 Å². The molecular weight excluding hydrogens is 209 g/mol. The topological polar surface area (TPSA) is 51.8 Å². The maximum absolute atomic E-state index is 5.90. The number of rotatable bonds is 0. The lowest BCUT2D eigenvalue weighted by atomic mass is 10.2. The third-order valence-electron chi connectivity index (χ3n) is 1.65. The Balaban J connectivity index is 2.94. The summed E-state index contributed by atoms with van der Waals surface area (Å²) >= 11 is 11.7. The van der Waals surface area contributed by atoms with Crippen LogP contribution in [0.5, 0.6) is 0 Å². The first-order chi connectivity index (χ1) is 6.18. The van der Waals surface area contributed by atoms with Crippen molar-refractivity contribution < 1.29 is 0 Å². The minimum absolute atomic E-state index is 0.130. The van der Waals surface area contributed by atoms with Crippen molar-refractivity contribution in [1.29, 1.82) is 0 Å². The smallest absolute Gasteiger partial charge is 0.222 e. The van der Waals surface area contributed by atoms with E-state index in [0.717, 1.165) is 0 Å². The second-order valence-corrected chi connectivity index (χ2v) is 3.27. The van der Waals surface area contributed by atoms with Crippen molar-refractivity contribution in [2.75, 3.05) is 5.73 Å². The number of nitrogens with zero attached hydrogens (tertiary/aromatic N) is 2. The molecule has 66 valence electrons. The first-order valence-electron chi connectivity index (χ1n) is 3.56. The molecule has 2 aromatic rings. The number of aromatic nitrogens is 2. The average molecular weight is 214 g/mol. The maximum atomic E-state index is 5.90. The van der Waals surface area contributed by atoms with Crippen LogP contribution in [0.3, 0.4) is 0 Å². The van der Waals surface area contributed by atoms with Crippen LogP contribution in [-0.4, -0.2) is 9.97 Å². The number of anilines is 1. The first kappa shape index (κ1) is 8.53. The summed E-state index contributed by atoms with van der Waals surface area (Å²) < 4.78 is 0. The Kier molecular flexibility index (Phi) is 1.98. The van der Waals surface area contributed by atoms with Crippen LogP contribution in [-0.2, 0) is 0 Å². The highest BCUT2D eigenvalue weighted by Crippen LogP contribution is 2.26. The van der Waals surface area contributed by atoms with Crippen LogP contribution in [0.1, 0.15) is 0 Å². The van der Waals surface area contributed by atoms with E-state index in [1.54, 1.807) is 18.2 Å². The zero-order valence-electron chi connectivity index (χ0n) is 6.46. The van der Waals surface area contributed by atoms with Gasteiger partial charge >= 0.3 is 0 Å². The van der Waals surface area contributed by atoms with Crippen molar-refractivity contribution in [3.8, 4) is 0 Å². The van der Waals surface area contributed by atoms with E-state index in [0.29, 0.717) is 21.1 Å². The second-order valence-electron chi connectivity index (χ2n) is 2.51. The van der Waals surface area contributed by atoms with Gasteiger partial charge in [0.25, 0.3) is 0 Å². The van der Waals surface area contributed by atoms with Gasteiger partial charge in [0.1, 0.15) is 5.15 Å². The molecule has 0 saturated carbocycles. The summed E-state index contributed by atoms with van der Waals surface area (Å²) in [6, 6.07) is 5.31. The van der Waals surface area contributed by atoms with E-state index < -0.39 is 0 Å². The highest BCUT2D eigenvalue weighted by Gasteiger charge is 2.05. The van der Waals surface area contributed by atoms with E-state index in [1.165, 1.54) is 0 Å². The van der Waals surface area contributed by atoms with Crippen molar-refractivity contribution in [2.24, 2.45) is 0 Å². The fourth-order valence-corrected chi connectivity index (χ4v) is 1.55. The van der Waals surface area contributed by atoms with Gasteiger partial charge in [0.15, 0.2) is 0 Å². The van der Waals surface area contributed by atoms with Crippen LogP contribution in [0.4, 0.5) is 5.95 Å². The molecule has 0 atom stereocenters. The summed E-state index contributed by atoms with van der Waals surface area (Å²) in [5.74, 6) is 0.130. The standard InChI is InChI=1S/C8H5Cl2N3/c9-5-3-1-2-4-6(5)12-8(11)13-7(4)10/h1-3H,(H2,11,12,13). The lowest BCUT2D eigenvalue weighted by Crippen LogP contribution is -1.95. The molecule has 1 heterocycles. The zero-order chi connectivity index (χ0) is 9.42. The molecule has 2 rings (SSSR count). The lowest BCUT2D eigenvalue weighted by Gasteiger charge is -2.01. The van der Waals surface area contributed by atoms with Gasteiger partial charge in [-0.1, -0.05) is 29.3 Å². The summed E-state index contributed by atoms with van der Waals surface area (Å²) in [6.07, 6.45) is 0. The van der Waals surface area contributed by atoms with Crippen molar-refractivity contribution >= 4 is 40.1 Å². The van der Waals surface area contributed by atoms with Gasteiger partial charge < -0.3 is 5.73 Å². The third kappa shape index (κ3) is 1.41. The summed E-state index contributed by atoms with van der Waals surface area (Å²) in [7, 11) is 0. The zero-order valence-corrected chi connectivity index (χ0v) is 7.97. The molecule has 0 aliphatic rings. The summed E-state index contributed by atoms with van der Waals surface area (Å²) in [5, 5.41) is 1.56. The Hall–Kier alpha value is -1.06. The van der Waals surface area contributed by atoms with Gasteiger partial charge in [0.05, 0.1) is 10.5 Å². The molecule has 0 radical (unpaired) electrons. The number of nitrogen functional groups attached to an aromatic ring is 1. The van der Waals surface area contributed by atoms with Gasteiger partial charge in [-0.25, -0.2) is 9.97 Å².